The second-order valence-corrected chi connectivity index (χ2v) is 7.51. The van der Waals surface area contributed by atoms with Gasteiger partial charge < -0.3 is 4.74 Å². The van der Waals surface area contributed by atoms with Crippen LogP contribution in [0.2, 0.25) is 0 Å². The second kappa shape index (κ2) is 9.38. The first-order valence-electron chi connectivity index (χ1n) is 9.97. The monoisotopic (exact) mass is 384 g/mol. The number of benzene rings is 3. The fourth-order valence-corrected chi connectivity index (χ4v) is 4.08. The van der Waals surface area contributed by atoms with Crippen LogP contribution >= 0.6 is 0 Å². The first-order valence-corrected chi connectivity index (χ1v) is 9.97. The Bertz CT molecular complexity index is 937. The van der Waals surface area contributed by atoms with Crippen LogP contribution in [0.1, 0.15) is 45.7 Å². The van der Waals surface area contributed by atoms with Gasteiger partial charge in [-0.25, -0.2) is 0 Å². The third kappa shape index (κ3) is 5.03. The number of carbonyl (C=O) groups excluding carboxylic acids is 1. The van der Waals surface area contributed by atoms with Crippen molar-refractivity contribution in [2.24, 2.45) is 0 Å². The Hall–Kier alpha value is -3.13. The summed E-state index contributed by atoms with van der Waals surface area (Å²) in [5, 5.41) is 0. The summed E-state index contributed by atoms with van der Waals surface area (Å²) >= 11 is 0. The van der Waals surface area contributed by atoms with Crippen molar-refractivity contribution in [1.29, 1.82) is 0 Å². The first-order chi connectivity index (χ1) is 14.0. The number of carbonyl (C=O) groups is 1. The van der Waals surface area contributed by atoms with Gasteiger partial charge in [0.05, 0.1) is 13.5 Å². The highest BCUT2D eigenvalue weighted by Gasteiger charge is 2.20. The van der Waals surface area contributed by atoms with Crippen molar-refractivity contribution in [1.82, 2.24) is 0 Å². The summed E-state index contributed by atoms with van der Waals surface area (Å²) < 4.78 is 5.03. The standard InChI is InChI=1S/C27H28O2/c1-19-15-20(2)27(21(3)16-19)24(18-26(28)29-4)17-25(22-11-7-5-8-12-22)23-13-9-6-10-14-23/h5-17,24H,18H2,1-4H3/t24-/m0/s1. The van der Waals surface area contributed by atoms with Crippen molar-refractivity contribution in [3.8, 4) is 0 Å². The maximum absolute atomic E-state index is 12.3. The van der Waals surface area contributed by atoms with E-state index in [9.17, 15) is 4.79 Å². The molecule has 0 fully saturated rings. The van der Waals surface area contributed by atoms with Crippen molar-refractivity contribution < 1.29 is 9.53 Å². The van der Waals surface area contributed by atoms with Crippen LogP contribution in [0.4, 0.5) is 0 Å². The molecule has 0 heterocycles. The molecule has 0 amide bonds. The van der Waals surface area contributed by atoms with Crippen LogP contribution in [-0.4, -0.2) is 13.1 Å². The molecule has 2 heteroatoms. The normalized spacial score (nSPS) is 11.6. The van der Waals surface area contributed by atoms with Crippen LogP contribution in [0.3, 0.4) is 0 Å². The minimum atomic E-state index is -0.203. The molecule has 0 aromatic heterocycles. The number of esters is 1. The molecule has 0 spiro atoms. The molecule has 0 radical (unpaired) electrons. The van der Waals surface area contributed by atoms with Crippen molar-refractivity contribution in [2.45, 2.75) is 33.1 Å². The van der Waals surface area contributed by atoms with Gasteiger partial charge in [-0.15, -0.1) is 0 Å². The smallest absolute Gasteiger partial charge is 0.306 e. The summed E-state index contributed by atoms with van der Waals surface area (Å²) in [5.74, 6) is -0.274. The number of allylic oxidation sites excluding steroid dienone is 1. The zero-order valence-electron chi connectivity index (χ0n) is 17.6. The van der Waals surface area contributed by atoms with E-state index < -0.39 is 0 Å². The van der Waals surface area contributed by atoms with Gasteiger partial charge in [-0.2, -0.15) is 0 Å². The molecule has 0 aliphatic carbocycles. The predicted molar refractivity (Wildman–Crippen MR) is 120 cm³/mol. The maximum atomic E-state index is 12.3. The molecule has 0 N–H and O–H groups in total. The Morgan fingerprint density at radius 3 is 1.79 bits per heavy atom. The van der Waals surface area contributed by atoms with Gasteiger partial charge >= 0.3 is 5.97 Å². The summed E-state index contributed by atoms with van der Waals surface area (Å²) in [6.07, 6.45) is 2.54. The fraction of sp³-hybridized carbons (Fsp3) is 0.222. The molecule has 3 rings (SSSR count). The minimum absolute atomic E-state index is 0.0709. The molecule has 0 aliphatic rings. The Kier molecular flexibility index (Phi) is 6.66. The van der Waals surface area contributed by atoms with Crippen LogP contribution in [0.25, 0.3) is 5.57 Å². The van der Waals surface area contributed by atoms with Gasteiger partial charge in [0.15, 0.2) is 0 Å². The van der Waals surface area contributed by atoms with E-state index in [0.29, 0.717) is 6.42 Å². The largest absolute Gasteiger partial charge is 0.469 e. The van der Waals surface area contributed by atoms with E-state index in [1.165, 1.54) is 29.4 Å². The van der Waals surface area contributed by atoms with Crippen molar-refractivity contribution in [2.75, 3.05) is 7.11 Å². The second-order valence-electron chi connectivity index (χ2n) is 7.51. The first kappa shape index (κ1) is 20.6. The number of hydrogen-bond acceptors (Lipinski definition) is 2. The van der Waals surface area contributed by atoms with Crippen LogP contribution in [0.15, 0.2) is 78.9 Å². The third-order valence-electron chi connectivity index (χ3n) is 5.26. The van der Waals surface area contributed by atoms with Gasteiger partial charge in [-0.1, -0.05) is 84.4 Å². The third-order valence-corrected chi connectivity index (χ3v) is 5.26. The molecule has 0 unspecified atom stereocenters. The molecule has 0 saturated heterocycles. The highest BCUT2D eigenvalue weighted by Crippen LogP contribution is 2.34. The number of rotatable bonds is 6. The average molecular weight is 385 g/mol. The molecule has 3 aromatic carbocycles. The Labute approximate surface area is 173 Å². The Morgan fingerprint density at radius 2 is 1.34 bits per heavy atom. The molecule has 0 aliphatic heterocycles. The molecular weight excluding hydrogens is 356 g/mol. The molecule has 29 heavy (non-hydrogen) atoms. The molecule has 148 valence electrons. The molecule has 1 atom stereocenters. The van der Waals surface area contributed by atoms with Gasteiger partial charge in [-0.05, 0) is 54.2 Å². The Morgan fingerprint density at radius 1 is 0.862 bits per heavy atom. The Balaban J connectivity index is 2.20. The highest BCUT2D eigenvalue weighted by atomic mass is 16.5. The maximum Gasteiger partial charge on any atom is 0.306 e. The number of ether oxygens (including phenoxy) is 1. The fourth-order valence-electron chi connectivity index (χ4n) is 4.08. The zero-order valence-corrected chi connectivity index (χ0v) is 17.6. The topological polar surface area (TPSA) is 26.3 Å². The van der Waals surface area contributed by atoms with E-state index in [2.05, 4.69) is 63.2 Å². The minimum Gasteiger partial charge on any atom is -0.469 e. The van der Waals surface area contributed by atoms with Gasteiger partial charge in [0, 0.05) is 5.92 Å². The average Bonchev–Trinajstić information content (AvgIpc) is 2.72. The van der Waals surface area contributed by atoms with Gasteiger partial charge in [0.2, 0.25) is 0 Å². The van der Waals surface area contributed by atoms with E-state index in [0.717, 1.165) is 16.7 Å². The van der Waals surface area contributed by atoms with Gasteiger partial charge in [0.25, 0.3) is 0 Å². The number of aryl methyl sites for hydroxylation is 3. The van der Waals surface area contributed by atoms with Crippen LogP contribution < -0.4 is 0 Å². The summed E-state index contributed by atoms with van der Waals surface area (Å²) in [4.78, 5) is 12.3. The lowest BCUT2D eigenvalue weighted by atomic mass is 9.84. The SMILES string of the molecule is COC(=O)C[C@H](C=C(c1ccccc1)c1ccccc1)c1c(C)cc(C)cc1C. The quantitative estimate of drug-likeness (QED) is 0.460. The number of methoxy groups -OCH3 is 1. The predicted octanol–water partition coefficient (Wildman–Crippen LogP) is 6.39. The molecule has 0 saturated carbocycles. The van der Waals surface area contributed by atoms with Crippen LogP contribution in [0.5, 0.6) is 0 Å². The summed E-state index contributed by atoms with van der Waals surface area (Å²) in [7, 11) is 1.45. The van der Waals surface area contributed by atoms with E-state index in [1.54, 1.807) is 0 Å². The lowest BCUT2D eigenvalue weighted by Gasteiger charge is -2.21. The van der Waals surface area contributed by atoms with Crippen molar-refractivity contribution in [3.05, 3.63) is 112 Å². The number of hydrogen-bond donors (Lipinski definition) is 0. The zero-order chi connectivity index (χ0) is 20.8. The highest BCUT2D eigenvalue weighted by molar-refractivity contribution is 5.81. The van der Waals surface area contributed by atoms with Crippen molar-refractivity contribution >= 4 is 11.5 Å². The van der Waals surface area contributed by atoms with Gasteiger partial charge in [0.1, 0.15) is 0 Å². The van der Waals surface area contributed by atoms with E-state index in [4.69, 9.17) is 4.74 Å². The summed E-state index contributed by atoms with van der Waals surface area (Å²) in [5.41, 5.74) is 8.23. The molecular formula is C27H28O2. The lowest BCUT2D eigenvalue weighted by Crippen LogP contribution is -2.10. The van der Waals surface area contributed by atoms with E-state index in [1.807, 2.05) is 36.4 Å². The molecule has 3 aromatic rings. The van der Waals surface area contributed by atoms with Crippen molar-refractivity contribution in [3.63, 3.8) is 0 Å². The van der Waals surface area contributed by atoms with Crippen LogP contribution in [0, 0.1) is 20.8 Å². The van der Waals surface area contributed by atoms with Crippen LogP contribution in [-0.2, 0) is 9.53 Å². The van der Waals surface area contributed by atoms with Gasteiger partial charge in [-0.3, -0.25) is 4.79 Å². The molecule has 0 bridgehead atoms. The van der Waals surface area contributed by atoms with E-state index in [-0.39, 0.29) is 11.9 Å². The lowest BCUT2D eigenvalue weighted by molar-refractivity contribution is -0.140. The summed E-state index contributed by atoms with van der Waals surface area (Å²) in [6.45, 7) is 6.35. The summed E-state index contributed by atoms with van der Waals surface area (Å²) in [6, 6.07) is 25.0. The van der Waals surface area contributed by atoms with E-state index >= 15 is 0 Å². The molecule has 2 nitrogen and oxygen atoms in total.